The molecule has 0 aliphatic carbocycles. The SMILES string of the molecule is O=[N+]([O-])OCCCCC(O)[C@@]1(O)CO[C@@H]2[C@H](O)CO[C@@H]21.[H-].[K+]. The Morgan fingerprint density at radius 2 is 2.19 bits per heavy atom. The van der Waals surface area contributed by atoms with Gasteiger partial charge in [-0.2, -0.15) is 0 Å². The second kappa shape index (κ2) is 8.48. The molecule has 2 heterocycles. The van der Waals surface area contributed by atoms with Crippen molar-refractivity contribution in [1.29, 1.82) is 0 Å². The van der Waals surface area contributed by atoms with E-state index in [0.29, 0.717) is 12.8 Å². The molecule has 0 amide bonds. The number of aliphatic hydroxyl groups excluding tert-OH is 2. The van der Waals surface area contributed by atoms with Gasteiger partial charge in [0.25, 0.3) is 5.09 Å². The second-order valence-corrected chi connectivity index (χ2v) is 5.16. The maximum Gasteiger partial charge on any atom is 1.00 e. The molecular formula is C11H20KNO8. The number of aliphatic hydroxyl groups is 3. The third-order valence-corrected chi connectivity index (χ3v) is 3.77. The summed E-state index contributed by atoms with van der Waals surface area (Å²) < 4.78 is 10.6. The first kappa shape index (κ1) is 19.7. The number of unbranched alkanes of at least 4 members (excludes halogenated alkanes) is 1. The van der Waals surface area contributed by atoms with Gasteiger partial charge in [-0.15, -0.1) is 10.1 Å². The molecule has 2 saturated heterocycles. The van der Waals surface area contributed by atoms with Gasteiger partial charge in [-0.1, -0.05) is 0 Å². The van der Waals surface area contributed by atoms with Crippen molar-refractivity contribution in [3.8, 4) is 0 Å². The van der Waals surface area contributed by atoms with Gasteiger partial charge >= 0.3 is 51.4 Å². The van der Waals surface area contributed by atoms with E-state index in [9.17, 15) is 25.4 Å². The van der Waals surface area contributed by atoms with Crippen molar-refractivity contribution in [2.24, 2.45) is 0 Å². The van der Waals surface area contributed by atoms with Crippen LogP contribution in [0.2, 0.25) is 0 Å². The summed E-state index contributed by atoms with van der Waals surface area (Å²) in [6.07, 6.45) is -2.16. The van der Waals surface area contributed by atoms with Crippen LogP contribution in [0.25, 0.3) is 0 Å². The van der Waals surface area contributed by atoms with Crippen molar-refractivity contribution in [2.75, 3.05) is 19.8 Å². The number of hydrogen-bond donors (Lipinski definition) is 3. The van der Waals surface area contributed by atoms with E-state index in [2.05, 4.69) is 4.84 Å². The number of ether oxygens (including phenoxy) is 2. The quantitative estimate of drug-likeness (QED) is 0.185. The maximum atomic E-state index is 10.4. The molecule has 2 aliphatic rings. The Labute approximate surface area is 165 Å². The van der Waals surface area contributed by atoms with E-state index in [1.54, 1.807) is 0 Å². The second-order valence-electron chi connectivity index (χ2n) is 5.16. The first-order chi connectivity index (χ1) is 9.45. The molecule has 0 radical (unpaired) electrons. The molecule has 0 saturated carbocycles. The van der Waals surface area contributed by atoms with Crippen molar-refractivity contribution in [2.45, 2.75) is 49.3 Å². The third-order valence-electron chi connectivity index (χ3n) is 3.77. The van der Waals surface area contributed by atoms with E-state index in [-0.39, 0.29) is 79.1 Å². The summed E-state index contributed by atoms with van der Waals surface area (Å²) in [6, 6.07) is 0. The molecule has 10 heteroatoms. The van der Waals surface area contributed by atoms with Crippen molar-refractivity contribution in [3.63, 3.8) is 0 Å². The number of fused-ring (bicyclic) bond motifs is 1. The van der Waals surface area contributed by atoms with Crippen LogP contribution < -0.4 is 51.4 Å². The van der Waals surface area contributed by atoms with Crippen molar-refractivity contribution in [3.05, 3.63) is 10.1 Å². The fourth-order valence-electron chi connectivity index (χ4n) is 2.65. The van der Waals surface area contributed by atoms with Crippen LogP contribution in [0.4, 0.5) is 0 Å². The molecule has 0 spiro atoms. The molecule has 1 unspecified atom stereocenters. The fourth-order valence-corrected chi connectivity index (χ4v) is 2.65. The summed E-state index contributed by atoms with van der Waals surface area (Å²) in [5.41, 5.74) is -1.55. The molecule has 0 aromatic rings. The van der Waals surface area contributed by atoms with Crippen LogP contribution in [-0.4, -0.2) is 70.2 Å². The summed E-state index contributed by atoms with van der Waals surface area (Å²) in [4.78, 5) is 14.1. The van der Waals surface area contributed by atoms with Crippen LogP contribution >= 0.6 is 0 Å². The molecule has 0 bridgehead atoms. The Balaban J connectivity index is 0.00000220. The van der Waals surface area contributed by atoms with Crippen molar-refractivity contribution in [1.82, 2.24) is 0 Å². The maximum absolute atomic E-state index is 10.4. The predicted octanol–water partition coefficient (Wildman–Crippen LogP) is -4.27. The van der Waals surface area contributed by atoms with Crippen LogP contribution in [0.5, 0.6) is 0 Å². The van der Waals surface area contributed by atoms with E-state index in [0.717, 1.165) is 0 Å². The molecule has 9 nitrogen and oxygen atoms in total. The van der Waals surface area contributed by atoms with Gasteiger partial charge in [0, 0.05) is 0 Å². The minimum atomic E-state index is -1.55. The van der Waals surface area contributed by atoms with Crippen LogP contribution in [0, 0.1) is 10.1 Å². The van der Waals surface area contributed by atoms with E-state index < -0.39 is 35.1 Å². The normalized spacial score (nSPS) is 35.9. The Bertz CT molecular complexity index is 365. The topological polar surface area (TPSA) is 132 Å². The molecular weight excluding hydrogens is 313 g/mol. The summed E-state index contributed by atoms with van der Waals surface area (Å²) in [6.45, 7) is -0.0804. The average Bonchev–Trinajstić information content (AvgIpc) is 2.92. The van der Waals surface area contributed by atoms with Crippen molar-refractivity contribution >= 4 is 0 Å². The van der Waals surface area contributed by atoms with Crippen LogP contribution in [-0.2, 0) is 14.3 Å². The van der Waals surface area contributed by atoms with Crippen LogP contribution in [0.1, 0.15) is 20.7 Å². The average molecular weight is 333 g/mol. The summed E-state index contributed by atoms with van der Waals surface area (Å²) in [5, 5.41) is 39.2. The van der Waals surface area contributed by atoms with Gasteiger partial charge in [-0.3, -0.25) is 0 Å². The van der Waals surface area contributed by atoms with E-state index in [1.165, 1.54) is 0 Å². The molecule has 2 fully saturated rings. The zero-order chi connectivity index (χ0) is 14.8. The number of rotatable bonds is 7. The Kier molecular flexibility index (Phi) is 7.95. The van der Waals surface area contributed by atoms with Crippen LogP contribution in [0.15, 0.2) is 0 Å². The van der Waals surface area contributed by atoms with Gasteiger partial charge < -0.3 is 31.1 Å². The van der Waals surface area contributed by atoms with Gasteiger partial charge in [0.2, 0.25) is 0 Å². The predicted molar refractivity (Wildman–Crippen MR) is 64.4 cm³/mol. The first-order valence-corrected chi connectivity index (χ1v) is 6.54. The summed E-state index contributed by atoms with van der Waals surface area (Å²) in [5.74, 6) is 0. The molecule has 5 atom stereocenters. The largest absolute Gasteiger partial charge is 1.00 e. The van der Waals surface area contributed by atoms with Gasteiger partial charge in [-0.25, -0.2) is 0 Å². The Morgan fingerprint density at radius 3 is 2.86 bits per heavy atom. The molecule has 3 N–H and O–H groups in total. The number of nitrogens with zero attached hydrogens (tertiary/aromatic N) is 1. The molecule has 0 aromatic heterocycles. The van der Waals surface area contributed by atoms with Gasteiger partial charge in [-0.05, 0) is 19.3 Å². The van der Waals surface area contributed by atoms with Gasteiger partial charge in [0.15, 0.2) is 0 Å². The molecule has 118 valence electrons. The van der Waals surface area contributed by atoms with E-state index in [4.69, 9.17) is 9.47 Å². The Hall–Kier alpha value is 0.636. The smallest absolute Gasteiger partial charge is 1.00 e. The van der Waals surface area contributed by atoms with Crippen LogP contribution in [0.3, 0.4) is 0 Å². The Morgan fingerprint density at radius 1 is 1.48 bits per heavy atom. The van der Waals surface area contributed by atoms with E-state index in [1.807, 2.05) is 0 Å². The first-order valence-electron chi connectivity index (χ1n) is 6.54. The summed E-state index contributed by atoms with van der Waals surface area (Å²) in [7, 11) is 0. The standard InChI is InChI=1S/C11H19NO8.K.H/c13-7-5-18-10-9(7)19-6-11(10,15)8(14)3-1-2-4-20-12(16)17;;/h7-10,13-15H,1-6H2;;/q;+1;-1/t7-,8?,9-,10+,11+;;/m1../s1. The van der Waals surface area contributed by atoms with Gasteiger partial charge in [0.1, 0.15) is 23.9 Å². The van der Waals surface area contributed by atoms with Crippen molar-refractivity contribution < 1.29 is 87.5 Å². The fraction of sp³-hybridized carbons (Fsp3) is 1.00. The zero-order valence-electron chi connectivity index (χ0n) is 12.9. The monoisotopic (exact) mass is 333 g/mol. The minimum absolute atomic E-state index is 0. The molecule has 2 rings (SSSR count). The molecule has 2 aliphatic heterocycles. The number of hydrogen-bond acceptors (Lipinski definition) is 8. The third kappa shape index (κ3) is 4.56. The van der Waals surface area contributed by atoms with Gasteiger partial charge in [0.05, 0.1) is 25.9 Å². The minimum Gasteiger partial charge on any atom is -1.00 e. The van der Waals surface area contributed by atoms with E-state index >= 15 is 0 Å². The summed E-state index contributed by atoms with van der Waals surface area (Å²) >= 11 is 0. The zero-order valence-corrected chi connectivity index (χ0v) is 15.0. The molecule has 0 aromatic carbocycles. The molecule has 21 heavy (non-hydrogen) atoms.